The maximum atomic E-state index is 12.0. The van der Waals surface area contributed by atoms with Crippen LogP contribution in [0.2, 0.25) is 5.15 Å². The number of rotatable bonds is 3. The molecule has 92 valence electrons. The van der Waals surface area contributed by atoms with Crippen LogP contribution in [0.4, 0.5) is 5.69 Å². The molecule has 1 amide bonds. The predicted molar refractivity (Wildman–Crippen MR) is 68.1 cm³/mol. The molecule has 17 heavy (non-hydrogen) atoms. The lowest BCUT2D eigenvalue weighted by molar-refractivity contribution is -0.120. The summed E-state index contributed by atoms with van der Waals surface area (Å²) in [6, 6.07) is 3.39. The number of hydrogen-bond acceptors (Lipinski definition) is 3. The molecule has 0 aromatic carbocycles. The highest BCUT2D eigenvalue weighted by Crippen LogP contribution is 2.19. The Labute approximate surface area is 106 Å². The summed E-state index contributed by atoms with van der Waals surface area (Å²) >= 11 is 5.89. The molecule has 0 bridgehead atoms. The molecule has 1 aliphatic rings. The number of carbonyl (C=O) groups excluding carboxylic acids is 1. The summed E-state index contributed by atoms with van der Waals surface area (Å²) in [4.78, 5) is 18.1. The monoisotopic (exact) mass is 253 g/mol. The van der Waals surface area contributed by atoms with Crippen molar-refractivity contribution in [2.75, 3.05) is 18.4 Å². The van der Waals surface area contributed by atoms with Crippen LogP contribution in [0.25, 0.3) is 0 Å². The number of halogens is 1. The smallest absolute Gasteiger partial charge is 0.241 e. The van der Waals surface area contributed by atoms with Gasteiger partial charge >= 0.3 is 0 Å². The van der Waals surface area contributed by atoms with Crippen LogP contribution in [0.1, 0.15) is 19.8 Å². The Kier molecular flexibility index (Phi) is 3.97. The van der Waals surface area contributed by atoms with Crippen molar-refractivity contribution in [2.45, 2.75) is 25.8 Å². The normalized spacial score (nSPS) is 18.0. The molecule has 0 saturated carbocycles. The molecule has 1 N–H and O–H groups in total. The van der Waals surface area contributed by atoms with Gasteiger partial charge in [-0.25, -0.2) is 4.98 Å². The third kappa shape index (κ3) is 2.96. The zero-order valence-electron chi connectivity index (χ0n) is 9.82. The maximum Gasteiger partial charge on any atom is 0.241 e. The summed E-state index contributed by atoms with van der Waals surface area (Å²) in [6.45, 7) is 3.91. The number of carbonyl (C=O) groups is 1. The van der Waals surface area contributed by atoms with Gasteiger partial charge in [-0.3, -0.25) is 9.69 Å². The lowest BCUT2D eigenvalue weighted by Gasteiger charge is -2.22. The van der Waals surface area contributed by atoms with Gasteiger partial charge in [0, 0.05) is 6.20 Å². The van der Waals surface area contributed by atoms with Crippen molar-refractivity contribution < 1.29 is 4.79 Å². The summed E-state index contributed by atoms with van der Waals surface area (Å²) in [6.07, 6.45) is 3.94. The molecule has 4 nitrogen and oxygen atoms in total. The first-order valence-electron chi connectivity index (χ1n) is 5.84. The van der Waals surface area contributed by atoms with E-state index in [1.165, 1.54) is 12.8 Å². The van der Waals surface area contributed by atoms with Gasteiger partial charge in [-0.05, 0) is 45.0 Å². The Morgan fingerprint density at radius 3 is 2.88 bits per heavy atom. The molecule has 1 atom stereocenters. The summed E-state index contributed by atoms with van der Waals surface area (Å²) in [5.41, 5.74) is 0.574. The van der Waals surface area contributed by atoms with Gasteiger partial charge in [-0.15, -0.1) is 0 Å². The van der Waals surface area contributed by atoms with E-state index in [1.54, 1.807) is 18.3 Å². The van der Waals surface area contributed by atoms with Crippen LogP contribution in [-0.2, 0) is 4.79 Å². The van der Waals surface area contributed by atoms with Gasteiger partial charge in [-0.2, -0.15) is 0 Å². The third-order valence-corrected chi connectivity index (χ3v) is 3.39. The van der Waals surface area contributed by atoms with E-state index in [0.29, 0.717) is 10.8 Å². The largest absolute Gasteiger partial charge is 0.322 e. The number of likely N-dealkylation sites (tertiary alicyclic amines) is 1. The number of anilines is 1. The van der Waals surface area contributed by atoms with E-state index in [-0.39, 0.29) is 11.9 Å². The number of nitrogens with one attached hydrogen (secondary N) is 1. The van der Waals surface area contributed by atoms with Crippen molar-refractivity contribution in [1.82, 2.24) is 9.88 Å². The van der Waals surface area contributed by atoms with Gasteiger partial charge < -0.3 is 5.32 Å². The number of hydrogen-bond donors (Lipinski definition) is 1. The van der Waals surface area contributed by atoms with Gasteiger partial charge in [0.05, 0.1) is 11.7 Å². The fourth-order valence-corrected chi connectivity index (χ4v) is 2.18. The molecule has 0 radical (unpaired) electrons. The van der Waals surface area contributed by atoms with Crippen molar-refractivity contribution >= 4 is 23.2 Å². The highest BCUT2D eigenvalue weighted by atomic mass is 35.5. The van der Waals surface area contributed by atoms with E-state index in [0.717, 1.165) is 13.1 Å². The second-order valence-electron chi connectivity index (χ2n) is 4.25. The highest BCUT2D eigenvalue weighted by Gasteiger charge is 2.24. The van der Waals surface area contributed by atoms with Crippen LogP contribution in [0.3, 0.4) is 0 Å². The van der Waals surface area contributed by atoms with E-state index in [9.17, 15) is 4.79 Å². The molecule has 0 aliphatic carbocycles. The molecule has 0 spiro atoms. The van der Waals surface area contributed by atoms with Crippen LogP contribution in [0.5, 0.6) is 0 Å². The number of aromatic nitrogens is 1. The summed E-state index contributed by atoms with van der Waals surface area (Å²) in [7, 11) is 0. The molecule has 1 fully saturated rings. The van der Waals surface area contributed by atoms with Crippen molar-refractivity contribution in [3.63, 3.8) is 0 Å². The topological polar surface area (TPSA) is 45.2 Å². The molecule has 5 heteroatoms. The average molecular weight is 254 g/mol. The van der Waals surface area contributed by atoms with Gasteiger partial charge in [0.25, 0.3) is 0 Å². The average Bonchev–Trinajstić information content (AvgIpc) is 2.84. The molecular formula is C12H16ClN3O. The van der Waals surface area contributed by atoms with Crippen molar-refractivity contribution in [1.29, 1.82) is 0 Å². The van der Waals surface area contributed by atoms with Crippen molar-refractivity contribution in [2.24, 2.45) is 0 Å². The molecule has 1 aromatic heterocycles. The van der Waals surface area contributed by atoms with Gasteiger partial charge in [-0.1, -0.05) is 11.6 Å². The van der Waals surface area contributed by atoms with E-state index in [1.807, 2.05) is 6.92 Å². The minimum atomic E-state index is -0.117. The van der Waals surface area contributed by atoms with E-state index in [4.69, 9.17) is 11.6 Å². The molecule has 1 aromatic rings. The summed E-state index contributed by atoms with van der Waals surface area (Å²) in [5, 5.41) is 3.14. The summed E-state index contributed by atoms with van der Waals surface area (Å²) in [5.74, 6) is -0.0261. The quantitative estimate of drug-likeness (QED) is 0.840. The fourth-order valence-electron chi connectivity index (χ4n) is 2.01. The van der Waals surface area contributed by atoms with Crippen LogP contribution in [0.15, 0.2) is 18.3 Å². The highest BCUT2D eigenvalue weighted by molar-refractivity contribution is 6.32. The van der Waals surface area contributed by atoms with E-state index in [2.05, 4.69) is 15.2 Å². The van der Waals surface area contributed by atoms with Gasteiger partial charge in [0.2, 0.25) is 5.91 Å². The van der Waals surface area contributed by atoms with Gasteiger partial charge in [0.15, 0.2) is 5.15 Å². The first-order valence-corrected chi connectivity index (χ1v) is 6.21. The predicted octanol–water partition coefficient (Wildman–Crippen LogP) is 2.16. The minimum absolute atomic E-state index is 0.0261. The standard InChI is InChI=1S/C12H16ClN3O/c1-9(16-7-2-3-8-16)12(17)15-10-5-4-6-14-11(10)13/h4-6,9H,2-3,7-8H2,1H3,(H,15,17)/t9-/m0/s1. The molecule has 2 heterocycles. The number of amides is 1. The zero-order valence-corrected chi connectivity index (χ0v) is 10.6. The number of pyridine rings is 1. The Bertz CT molecular complexity index is 404. The second kappa shape index (κ2) is 5.47. The summed E-state index contributed by atoms with van der Waals surface area (Å²) < 4.78 is 0. The van der Waals surface area contributed by atoms with Crippen molar-refractivity contribution in [3.8, 4) is 0 Å². The molecule has 1 aliphatic heterocycles. The van der Waals surface area contributed by atoms with Crippen LogP contribution < -0.4 is 5.32 Å². The van der Waals surface area contributed by atoms with E-state index >= 15 is 0 Å². The molecule has 1 saturated heterocycles. The molecule has 2 rings (SSSR count). The lowest BCUT2D eigenvalue weighted by Crippen LogP contribution is -2.40. The first-order chi connectivity index (χ1) is 8.18. The molecular weight excluding hydrogens is 238 g/mol. The van der Waals surface area contributed by atoms with E-state index < -0.39 is 0 Å². The third-order valence-electron chi connectivity index (χ3n) is 3.08. The maximum absolute atomic E-state index is 12.0. The van der Waals surface area contributed by atoms with Crippen molar-refractivity contribution in [3.05, 3.63) is 23.5 Å². The minimum Gasteiger partial charge on any atom is -0.322 e. The SMILES string of the molecule is C[C@@H](C(=O)Nc1cccnc1Cl)N1CCCC1. The zero-order chi connectivity index (χ0) is 12.3. The van der Waals surface area contributed by atoms with Crippen LogP contribution in [0, 0.1) is 0 Å². The first kappa shape index (κ1) is 12.3. The van der Waals surface area contributed by atoms with Crippen LogP contribution >= 0.6 is 11.6 Å². The lowest BCUT2D eigenvalue weighted by atomic mass is 10.2. The van der Waals surface area contributed by atoms with Crippen LogP contribution in [-0.4, -0.2) is 34.9 Å². The Morgan fingerprint density at radius 2 is 2.24 bits per heavy atom. The number of nitrogens with zero attached hydrogens (tertiary/aromatic N) is 2. The Hall–Kier alpha value is -1.13. The van der Waals surface area contributed by atoms with Gasteiger partial charge in [0.1, 0.15) is 0 Å². The Balaban J connectivity index is 1.99. The Morgan fingerprint density at radius 1 is 1.53 bits per heavy atom. The second-order valence-corrected chi connectivity index (χ2v) is 4.61. The fraction of sp³-hybridized carbons (Fsp3) is 0.500. The molecule has 0 unspecified atom stereocenters.